The first-order chi connectivity index (χ1) is 12.7. The SMILES string of the molecule is CCCC[C@@H](C=O)NC(=O)OC(Cc1ccccc1)Cc1ccccc1. The number of carbonyl (C=O) groups excluding carboxylic acids is 2. The summed E-state index contributed by atoms with van der Waals surface area (Å²) in [4.78, 5) is 23.4. The van der Waals surface area contributed by atoms with E-state index in [2.05, 4.69) is 12.2 Å². The molecule has 0 saturated heterocycles. The summed E-state index contributed by atoms with van der Waals surface area (Å²) < 4.78 is 5.66. The third-order valence-corrected chi connectivity index (χ3v) is 4.22. The van der Waals surface area contributed by atoms with E-state index in [0.717, 1.165) is 30.3 Å². The fraction of sp³-hybridized carbons (Fsp3) is 0.364. The standard InChI is InChI=1S/C22H27NO3/c1-2-3-14-20(17-24)23-22(25)26-21(15-18-10-6-4-7-11-18)16-19-12-8-5-9-13-19/h4-13,17,20-21H,2-3,14-16H2,1H3,(H,23,25)/t20-/m0/s1. The van der Waals surface area contributed by atoms with E-state index in [1.54, 1.807) is 0 Å². The maximum atomic E-state index is 12.3. The van der Waals surface area contributed by atoms with Crippen LogP contribution in [0.2, 0.25) is 0 Å². The van der Waals surface area contributed by atoms with E-state index >= 15 is 0 Å². The number of unbranched alkanes of at least 4 members (excludes halogenated alkanes) is 1. The zero-order valence-corrected chi connectivity index (χ0v) is 15.3. The van der Waals surface area contributed by atoms with Crippen molar-refractivity contribution in [1.82, 2.24) is 5.32 Å². The van der Waals surface area contributed by atoms with E-state index in [1.807, 2.05) is 60.7 Å². The highest BCUT2D eigenvalue weighted by Gasteiger charge is 2.18. The van der Waals surface area contributed by atoms with Gasteiger partial charge in [0.25, 0.3) is 0 Å². The second-order valence-corrected chi connectivity index (χ2v) is 6.44. The molecule has 0 aliphatic carbocycles. The normalized spacial score (nSPS) is 11.8. The fourth-order valence-electron chi connectivity index (χ4n) is 2.84. The minimum atomic E-state index is -0.532. The molecule has 2 aromatic rings. The summed E-state index contributed by atoms with van der Waals surface area (Å²) in [5.74, 6) is 0. The van der Waals surface area contributed by atoms with Gasteiger partial charge in [-0.2, -0.15) is 0 Å². The van der Waals surface area contributed by atoms with Crippen molar-refractivity contribution in [1.29, 1.82) is 0 Å². The van der Waals surface area contributed by atoms with Crippen LogP contribution in [-0.4, -0.2) is 24.5 Å². The minimum absolute atomic E-state index is 0.293. The predicted octanol–water partition coefficient (Wildman–Crippen LogP) is 4.32. The van der Waals surface area contributed by atoms with Gasteiger partial charge in [-0.25, -0.2) is 4.79 Å². The van der Waals surface area contributed by atoms with Crippen molar-refractivity contribution in [2.24, 2.45) is 0 Å². The minimum Gasteiger partial charge on any atom is -0.446 e. The Bertz CT molecular complexity index is 616. The average molecular weight is 353 g/mol. The molecule has 2 aromatic carbocycles. The molecule has 0 fully saturated rings. The topological polar surface area (TPSA) is 55.4 Å². The quantitative estimate of drug-likeness (QED) is 0.647. The van der Waals surface area contributed by atoms with Crippen LogP contribution < -0.4 is 5.32 Å². The third kappa shape index (κ3) is 7.09. The molecule has 0 aromatic heterocycles. The molecule has 1 amide bonds. The van der Waals surface area contributed by atoms with Crippen LogP contribution in [0, 0.1) is 0 Å². The second-order valence-electron chi connectivity index (χ2n) is 6.44. The molecule has 4 nitrogen and oxygen atoms in total. The number of alkyl carbamates (subject to hydrolysis) is 1. The van der Waals surface area contributed by atoms with Gasteiger partial charge in [0.05, 0.1) is 6.04 Å². The number of hydrogen-bond acceptors (Lipinski definition) is 3. The third-order valence-electron chi connectivity index (χ3n) is 4.22. The summed E-state index contributed by atoms with van der Waals surface area (Å²) >= 11 is 0. The summed E-state index contributed by atoms with van der Waals surface area (Å²) in [6, 6.07) is 19.4. The Kier molecular flexibility index (Phi) is 8.40. The number of benzene rings is 2. The van der Waals surface area contributed by atoms with Crippen LogP contribution in [0.5, 0.6) is 0 Å². The average Bonchev–Trinajstić information content (AvgIpc) is 2.66. The van der Waals surface area contributed by atoms with Gasteiger partial charge in [-0.3, -0.25) is 0 Å². The maximum Gasteiger partial charge on any atom is 0.408 e. The number of rotatable bonds is 10. The van der Waals surface area contributed by atoms with Crippen LogP contribution in [-0.2, 0) is 22.4 Å². The summed E-state index contributed by atoms with van der Waals surface area (Å²) in [6.07, 6.45) is 3.71. The molecule has 0 radical (unpaired) electrons. The van der Waals surface area contributed by atoms with Gasteiger partial charge in [0, 0.05) is 12.8 Å². The number of nitrogens with one attached hydrogen (secondary N) is 1. The Hall–Kier alpha value is -2.62. The molecule has 1 atom stereocenters. The molecule has 0 bridgehead atoms. The summed E-state index contributed by atoms with van der Waals surface area (Å²) in [5, 5.41) is 2.67. The van der Waals surface area contributed by atoms with E-state index in [9.17, 15) is 9.59 Å². The Morgan fingerprint density at radius 1 is 1.00 bits per heavy atom. The van der Waals surface area contributed by atoms with E-state index in [-0.39, 0.29) is 6.10 Å². The van der Waals surface area contributed by atoms with Crippen LogP contribution in [0.4, 0.5) is 4.79 Å². The molecule has 0 spiro atoms. The first-order valence-corrected chi connectivity index (χ1v) is 9.21. The van der Waals surface area contributed by atoms with Crippen molar-refractivity contribution in [3.8, 4) is 0 Å². The lowest BCUT2D eigenvalue weighted by Crippen LogP contribution is -2.39. The lowest BCUT2D eigenvalue weighted by Gasteiger charge is -2.20. The van der Waals surface area contributed by atoms with E-state index in [1.165, 1.54) is 0 Å². The number of amides is 1. The molecule has 1 N–H and O–H groups in total. The summed E-state index contributed by atoms with van der Waals surface area (Å²) in [7, 11) is 0. The Labute approximate surface area is 155 Å². The largest absolute Gasteiger partial charge is 0.446 e. The maximum absolute atomic E-state index is 12.3. The molecule has 2 rings (SSSR count). The van der Waals surface area contributed by atoms with Crippen molar-refractivity contribution >= 4 is 12.4 Å². The molecule has 0 aliphatic rings. The van der Waals surface area contributed by atoms with Crippen molar-refractivity contribution in [3.63, 3.8) is 0 Å². The van der Waals surface area contributed by atoms with E-state index in [0.29, 0.717) is 19.3 Å². The van der Waals surface area contributed by atoms with Crippen molar-refractivity contribution < 1.29 is 14.3 Å². The van der Waals surface area contributed by atoms with E-state index < -0.39 is 12.1 Å². The van der Waals surface area contributed by atoms with Crippen LogP contribution in [0.3, 0.4) is 0 Å². The van der Waals surface area contributed by atoms with Crippen LogP contribution >= 0.6 is 0 Å². The van der Waals surface area contributed by atoms with Gasteiger partial charge >= 0.3 is 6.09 Å². The summed E-state index contributed by atoms with van der Waals surface area (Å²) in [6.45, 7) is 2.05. The molecule has 26 heavy (non-hydrogen) atoms. The predicted molar refractivity (Wildman–Crippen MR) is 103 cm³/mol. The number of aldehydes is 1. The smallest absolute Gasteiger partial charge is 0.408 e. The van der Waals surface area contributed by atoms with Gasteiger partial charge in [0.1, 0.15) is 12.4 Å². The monoisotopic (exact) mass is 353 g/mol. The van der Waals surface area contributed by atoms with Crippen molar-refractivity contribution in [3.05, 3.63) is 71.8 Å². The number of carbonyl (C=O) groups is 2. The van der Waals surface area contributed by atoms with Gasteiger partial charge in [-0.1, -0.05) is 80.4 Å². The lowest BCUT2D eigenvalue weighted by atomic mass is 10.0. The van der Waals surface area contributed by atoms with Crippen LogP contribution in [0.25, 0.3) is 0 Å². The number of ether oxygens (including phenoxy) is 1. The molecular formula is C22H27NO3. The molecule has 0 saturated carbocycles. The van der Waals surface area contributed by atoms with Gasteiger partial charge in [0.15, 0.2) is 0 Å². The van der Waals surface area contributed by atoms with Gasteiger partial charge in [0.2, 0.25) is 0 Å². The summed E-state index contributed by atoms with van der Waals surface area (Å²) in [5.41, 5.74) is 2.22. The first kappa shape index (κ1) is 19.7. The second kappa shape index (κ2) is 11.1. The molecule has 4 heteroatoms. The van der Waals surface area contributed by atoms with Gasteiger partial charge in [-0.15, -0.1) is 0 Å². The van der Waals surface area contributed by atoms with Crippen molar-refractivity contribution in [2.45, 2.75) is 51.2 Å². The molecule has 0 unspecified atom stereocenters. The van der Waals surface area contributed by atoms with Crippen LogP contribution in [0.15, 0.2) is 60.7 Å². The van der Waals surface area contributed by atoms with Crippen LogP contribution in [0.1, 0.15) is 37.3 Å². The fourth-order valence-corrected chi connectivity index (χ4v) is 2.84. The highest BCUT2D eigenvalue weighted by molar-refractivity contribution is 5.73. The van der Waals surface area contributed by atoms with E-state index in [4.69, 9.17) is 4.74 Å². The zero-order valence-electron chi connectivity index (χ0n) is 15.3. The molecule has 138 valence electrons. The Morgan fingerprint density at radius 2 is 1.54 bits per heavy atom. The van der Waals surface area contributed by atoms with Crippen molar-refractivity contribution in [2.75, 3.05) is 0 Å². The Balaban J connectivity index is 2.00. The number of hydrogen-bond donors (Lipinski definition) is 1. The Morgan fingerprint density at radius 3 is 2.00 bits per heavy atom. The van der Waals surface area contributed by atoms with Gasteiger partial charge < -0.3 is 14.8 Å². The lowest BCUT2D eigenvalue weighted by molar-refractivity contribution is -0.109. The molecular weight excluding hydrogens is 326 g/mol. The zero-order chi connectivity index (χ0) is 18.6. The highest BCUT2D eigenvalue weighted by Crippen LogP contribution is 2.13. The molecule has 0 aliphatic heterocycles. The molecule has 0 heterocycles. The first-order valence-electron chi connectivity index (χ1n) is 9.21. The highest BCUT2D eigenvalue weighted by atomic mass is 16.6. The van der Waals surface area contributed by atoms with Gasteiger partial charge in [-0.05, 0) is 17.5 Å².